The van der Waals surface area contributed by atoms with E-state index in [2.05, 4.69) is 0 Å². The lowest BCUT2D eigenvalue weighted by Crippen LogP contribution is -2.36. The van der Waals surface area contributed by atoms with E-state index in [4.69, 9.17) is 5.11 Å². The lowest BCUT2D eigenvalue weighted by molar-refractivity contribution is -0.138. The molecule has 0 amide bonds. The number of rotatable bonds is 4. The van der Waals surface area contributed by atoms with E-state index < -0.39 is 5.97 Å². The number of allylic oxidation sites excluding steroid dienone is 4. The molecule has 0 radical (unpaired) electrons. The Kier molecular flexibility index (Phi) is 4.49. The van der Waals surface area contributed by atoms with Crippen molar-refractivity contribution in [2.75, 3.05) is 0 Å². The van der Waals surface area contributed by atoms with Crippen LogP contribution in [-0.2, 0) is 9.59 Å². The predicted octanol–water partition coefficient (Wildman–Crippen LogP) is 3.21. The Morgan fingerprint density at radius 2 is 2.11 bits per heavy atom. The molecule has 0 aromatic heterocycles. The lowest BCUT2D eigenvalue weighted by atomic mass is 9.63. The van der Waals surface area contributed by atoms with Gasteiger partial charge in [0.15, 0.2) is 5.78 Å². The Hall–Kier alpha value is -1.38. The molecule has 1 aliphatic carbocycles. The summed E-state index contributed by atoms with van der Waals surface area (Å²) in [6.45, 7) is 7.86. The topological polar surface area (TPSA) is 54.4 Å². The van der Waals surface area contributed by atoms with E-state index in [-0.39, 0.29) is 29.5 Å². The molecule has 0 bridgehead atoms. The molecule has 0 saturated heterocycles. The van der Waals surface area contributed by atoms with Gasteiger partial charge in [0.2, 0.25) is 0 Å². The minimum atomic E-state index is -0.780. The number of aliphatic carboxylic acids is 1. The average molecular weight is 250 g/mol. The number of hydrogen-bond donors (Lipinski definition) is 1. The zero-order valence-electron chi connectivity index (χ0n) is 11.6. The van der Waals surface area contributed by atoms with Gasteiger partial charge in [0, 0.05) is 5.92 Å². The van der Waals surface area contributed by atoms with Crippen LogP contribution in [-0.4, -0.2) is 16.9 Å². The summed E-state index contributed by atoms with van der Waals surface area (Å²) in [7, 11) is 0. The molecule has 0 aromatic rings. The second-order valence-electron chi connectivity index (χ2n) is 5.80. The smallest absolute Gasteiger partial charge is 0.303 e. The van der Waals surface area contributed by atoms with Crippen LogP contribution < -0.4 is 0 Å². The molecule has 100 valence electrons. The quantitative estimate of drug-likeness (QED) is 0.615. The van der Waals surface area contributed by atoms with Gasteiger partial charge in [0.1, 0.15) is 0 Å². The van der Waals surface area contributed by atoms with E-state index in [1.165, 1.54) is 0 Å². The standard InChI is InChI=1S/C15H22O3/c1-5-6-12(16)14-10(2)7-11(8-13(17)18)9-15(14,3)4/h5-7,11,14H,8-9H2,1-4H3,(H,17,18). The van der Waals surface area contributed by atoms with Crippen molar-refractivity contribution in [3.05, 3.63) is 23.8 Å². The van der Waals surface area contributed by atoms with Crippen molar-refractivity contribution in [3.8, 4) is 0 Å². The summed E-state index contributed by atoms with van der Waals surface area (Å²) in [5.74, 6) is -0.756. The number of ketones is 1. The van der Waals surface area contributed by atoms with Crippen LogP contribution in [0.15, 0.2) is 23.8 Å². The van der Waals surface area contributed by atoms with Crippen molar-refractivity contribution in [1.82, 2.24) is 0 Å². The molecule has 1 N–H and O–H groups in total. The number of carbonyl (C=O) groups is 2. The molecule has 3 heteroatoms. The highest BCUT2D eigenvalue weighted by Gasteiger charge is 2.40. The highest BCUT2D eigenvalue weighted by Crippen LogP contribution is 2.44. The SMILES string of the molecule is CC=CC(=O)C1C(C)=CC(CC(=O)O)CC1(C)C. The van der Waals surface area contributed by atoms with Crippen LogP contribution in [0.2, 0.25) is 0 Å². The zero-order chi connectivity index (χ0) is 13.9. The van der Waals surface area contributed by atoms with Gasteiger partial charge in [0.05, 0.1) is 6.42 Å². The van der Waals surface area contributed by atoms with Crippen LogP contribution in [0, 0.1) is 17.3 Å². The van der Waals surface area contributed by atoms with Crippen molar-refractivity contribution in [3.63, 3.8) is 0 Å². The van der Waals surface area contributed by atoms with E-state index in [0.29, 0.717) is 0 Å². The molecule has 1 aliphatic rings. The fourth-order valence-corrected chi connectivity index (χ4v) is 3.16. The summed E-state index contributed by atoms with van der Waals surface area (Å²) in [6, 6.07) is 0. The van der Waals surface area contributed by atoms with Crippen LogP contribution in [0.5, 0.6) is 0 Å². The van der Waals surface area contributed by atoms with E-state index in [9.17, 15) is 9.59 Å². The first kappa shape index (κ1) is 14.7. The molecule has 0 aromatic carbocycles. The number of carboxylic acid groups (broad SMARTS) is 1. The fraction of sp³-hybridized carbons (Fsp3) is 0.600. The number of carbonyl (C=O) groups excluding carboxylic acids is 1. The van der Waals surface area contributed by atoms with Crippen LogP contribution in [0.25, 0.3) is 0 Å². The molecule has 18 heavy (non-hydrogen) atoms. The van der Waals surface area contributed by atoms with Gasteiger partial charge in [-0.15, -0.1) is 0 Å². The first-order chi connectivity index (χ1) is 8.27. The minimum absolute atomic E-state index is 0.0344. The molecule has 0 heterocycles. The van der Waals surface area contributed by atoms with Gasteiger partial charge >= 0.3 is 5.97 Å². The van der Waals surface area contributed by atoms with Gasteiger partial charge in [-0.1, -0.05) is 31.6 Å². The molecule has 2 atom stereocenters. The fourth-order valence-electron chi connectivity index (χ4n) is 3.16. The second kappa shape index (κ2) is 5.51. The van der Waals surface area contributed by atoms with Crippen LogP contribution in [0.4, 0.5) is 0 Å². The maximum Gasteiger partial charge on any atom is 0.303 e. The van der Waals surface area contributed by atoms with Crippen molar-refractivity contribution < 1.29 is 14.7 Å². The summed E-state index contributed by atoms with van der Waals surface area (Å²) in [6.07, 6.45) is 6.22. The van der Waals surface area contributed by atoms with Gasteiger partial charge in [0.25, 0.3) is 0 Å². The summed E-state index contributed by atoms with van der Waals surface area (Å²) in [4.78, 5) is 22.9. The maximum atomic E-state index is 12.1. The Morgan fingerprint density at radius 3 is 2.56 bits per heavy atom. The van der Waals surface area contributed by atoms with E-state index >= 15 is 0 Å². The molecule has 0 spiro atoms. The molecular formula is C15H22O3. The average Bonchev–Trinajstić information content (AvgIpc) is 2.13. The normalized spacial score (nSPS) is 27.0. The second-order valence-corrected chi connectivity index (χ2v) is 5.80. The molecular weight excluding hydrogens is 228 g/mol. The molecule has 3 nitrogen and oxygen atoms in total. The Bertz CT molecular complexity index is 402. The Morgan fingerprint density at radius 1 is 1.50 bits per heavy atom. The van der Waals surface area contributed by atoms with Gasteiger partial charge in [-0.2, -0.15) is 0 Å². The lowest BCUT2D eigenvalue weighted by Gasteiger charge is -2.40. The van der Waals surface area contributed by atoms with Gasteiger partial charge in [-0.25, -0.2) is 0 Å². The summed E-state index contributed by atoms with van der Waals surface area (Å²) >= 11 is 0. The van der Waals surface area contributed by atoms with Crippen molar-refractivity contribution in [2.24, 2.45) is 17.3 Å². The highest BCUT2D eigenvalue weighted by molar-refractivity contribution is 5.94. The minimum Gasteiger partial charge on any atom is -0.481 e. The van der Waals surface area contributed by atoms with Crippen LogP contribution >= 0.6 is 0 Å². The number of carboxylic acids is 1. The summed E-state index contributed by atoms with van der Waals surface area (Å²) in [5, 5.41) is 8.87. The third kappa shape index (κ3) is 3.31. The van der Waals surface area contributed by atoms with Crippen LogP contribution in [0.1, 0.15) is 40.5 Å². The van der Waals surface area contributed by atoms with Gasteiger partial charge < -0.3 is 5.11 Å². The molecule has 2 unspecified atom stereocenters. The van der Waals surface area contributed by atoms with Crippen molar-refractivity contribution >= 4 is 11.8 Å². The third-order valence-electron chi connectivity index (χ3n) is 3.58. The van der Waals surface area contributed by atoms with Crippen molar-refractivity contribution in [2.45, 2.75) is 40.5 Å². The molecule has 0 fully saturated rings. The summed E-state index contributed by atoms with van der Waals surface area (Å²) in [5.41, 5.74) is 0.816. The summed E-state index contributed by atoms with van der Waals surface area (Å²) < 4.78 is 0. The Labute approximate surface area is 109 Å². The molecule has 0 aliphatic heterocycles. The molecule has 0 saturated carbocycles. The maximum absolute atomic E-state index is 12.1. The third-order valence-corrected chi connectivity index (χ3v) is 3.58. The first-order valence-electron chi connectivity index (χ1n) is 6.34. The predicted molar refractivity (Wildman–Crippen MR) is 71.2 cm³/mol. The van der Waals surface area contributed by atoms with Gasteiger partial charge in [-0.3, -0.25) is 9.59 Å². The first-order valence-corrected chi connectivity index (χ1v) is 6.34. The largest absolute Gasteiger partial charge is 0.481 e. The van der Waals surface area contributed by atoms with Gasteiger partial charge in [-0.05, 0) is 37.7 Å². The highest BCUT2D eigenvalue weighted by atomic mass is 16.4. The number of hydrogen-bond acceptors (Lipinski definition) is 2. The van der Waals surface area contributed by atoms with E-state index in [0.717, 1.165) is 12.0 Å². The zero-order valence-corrected chi connectivity index (χ0v) is 11.6. The Balaban J connectivity index is 3.00. The van der Waals surface area contributed by atoms with E-state index in [1.807, 2.05) is 33.8 Å². The van der Waals surface area contributed by atoms with E-state index in [1.54, 1.807) is 12.2 Å². The molecule has 1 rings (SSSR count). The van der Waals surface area contributed by atoms with Crippen molar-refractivity contribution in [1.29, 1.82) is 0 Å². The van der Waals surface area contributed by atoms with Crippen LogP contribution in [0.3, 0.4) is 0 Å². The monoisotopic (exact) mass is 250 g/mol.